The average Bonchev–Trinajstić information content (AvgIpc) is 2.46. The molecule has 1 atom stereocenters. The van der Waals surface area contributed by atoms with E-state index in [1.165, 1.54) is 10.6 Å². The van der Waals surface area contributed by atoms with Gasteiger partial charge in [0.1, 0.15) is 0 Å². The van der Waals surface area contributed by atoms with Gasteiger partial charge in [-0.15, -0.1) is 0 Å². The van der Waals surface area contributed by atoms with Gasteiger partial charge >= 0.3 is 0 Å². The van der Waals surface area contributed by atoms with Crippen LogP contribution in [0.2, 0.25) is 5.02 Å². The molecule has 0 bridgehead atoms. The lowest BCUT2D eigenvalue weighted by Gasteiger charge is -2.34. The molecule has 0 aromatic heterocycles. The van der Waals surface area contributed by atoms with Gasteiger partial charge < -0.3 is 0 Å². The Bertz CT molecular complexity index is 797. The molecular weight excluding hydrogens is 306 g/mol. The van der Waals surface area contributed by atoms with Gasteiger partial charge in [0.15, 0.2) is 0 Å². The summed E-state index contributed by atoms with van der Waals surface area (Å²) < 4.78 is 26.0. The summed E-state index contributed by atoms with van der Waals surface area (Å²) in [5, 5.41) is 0.629. The van der Waals surface area contributed by atoms with Crippen molar-refractivity contribution in [3.05, 3.63) is 70.8 Å². The summed E-state index contributed by atoms with van der Waals surface area (Å²) in [6.07, 6.45) is 5.08. The van der Waals surface area contributed by atoms with Gasteiger partial charge in [-0.1, -0.05) is 54.1 Å². The van der Waals surface area contributed by atoms with Gasteiger partial charge in [0, 0.05) is 5.02 Å². The number of sulfonamides is 1. The zero-order chi connectivity index (χ0) is 15.0. The minimum absolute atomic E-state index is 0.354. The van der Waals surface area contributed by atoms with Gasteiger partial charge in [-0.25, -0.2) is 8.42 Å². The Morgan fingerprint density at radius 1 is 1.05 bits per heavy atom. The highest BCUT2D eigenvalue weighted by molar-refractivity contribution is 7.92. The minimum Gasteiger partial charge on any atom is -0.259 e. The minimum atomic E-state index is -3.40. The van der Waals surface area contributed by atoms with E-state index in [4.69, 9.17) is 11.6 Å². The van der Waals surface area contributed by atoms with Crippen molar-refractivity contribution in [3.63, 3.8) is 0 Å². The Morgan fingerprint density at radius 2 is 1.71 bits per heavy atom. The lowest BCUT2D eigenvalue weighted by Crippen LogP contribution is -2.35. The number of halogens is 1. The third-order valence-corrected chi connectivity index (χ3v) is 4.84. The summed E-state index contributed by atoms with van der Waals surface area (Å²) in [7, 11) is -3.40. The Hall–Kier alpha value is -1.78. The molecule has 21 heavy (non-hydrogen) atoms. The van der Waals surface area contributed by atoms with E-state index < -0.39 is 10.0 Å². The second-order valence-corrected chi connectivity index (χ2v) is 7.27. The first-order valence-electron chi connectivity index (χ1n) is 6.49. The van der Waals surface area contributed by atoms with Crippen molar-refractivity contribution in [2.75, 3.05) is 10.6 Å². The summed E-state index contributed by atoms with van der Waals surface area (Å²) >= 11 is 5.91. The fourth-order valence-corrected chi connectivity index (χ4v) is 3.80. The molecule has 2 aromatic carbocycles. The fraction of sp³-hybridized carbons (Fsp3) is 0.125. The molecule has 108 valence electrons. The van der Waals surface area contributed by atoms with Crippen LogP contribution >= 0.6 is 11.6 Å². The van der Waals surface area contributed by atoms with Crippen molar-refractivity contribution in [1.29, 1.82) is 0 Å². The van der Waals surface area contributed by atoms with Crippen molar-refractivity contribution in [2.24, 2.45) is 0 Å². The molecule has 3 rings (SSSR count). The molecule has 0 fully saturated rings. The molecule has 0 radical (unpaired) electrons. The van der Waals surface area contributed by atoms with Crippen LogP contribution < -0.4 is 4.31 Å². The number of fused-ring (bicyclic) bond motifs is 1. The van der Waals surface area contributed by atoms with E-state index in [1.54, 1.807) is 12.1 Å². The molecule has 1 heterocycles. The van der Waals surface area contributed by atoms with E-state index in [-0.39, 0.29) is 6.04 Å². The van der Waals surface area contributed by atoms with Gasteiger partial charge in [-0.2, -0.15) is 0 Å². The number of rotatable bonds is 2. The van der Waals surface area contributed by atoms with Crippen LogP contribution in [0.1, 0.15) is 17.2 Å². The summed E-state index contributed by atoms with van der Waals surface area (Å²) in [4.78, 5) is 0. The van der Waals surface area contributed by atoms with Crippen molar-refractivity contribution in [1.82, 2.24) is 0 Å². The molecule has 5 heteroatoms. The van der Waals surface area contributed by atoms with Gasteiger partial charge in [-0.05, 0) is 29.3 Å². The summed E-state index contributed by atoms with van der Waals surface area (Å²) in [6.45, 7) is 0. The smallest absolute Gasteiger partial charge is 0.233 e. The van der Waals surface area contributed by atoms with E-state index in [0.29, 0.717) is 10.7 Å². The molecule has 0 N–H and O–H groups in total. The lowest BCUT2D eigenvalue weighted by atomic mass is 10.00. The Kier molecular flexibility index (Phi) is 3.51. The van der Waals surface area contributed by atoms with Gasteiger partial charge in [0.05, 0.1) is 18.0 Å². The molecule has 1 aliphatic rings. The maximum absolute atomic E-state index is 12.3. The van der Waals surface area contributed by atoms with Crippen LogP contribution in [0.3, 0.4) is 0 Å². The van der Waals surface area contributed by atoms with E-state index in [1.807, 2.05) is 48.6 Å². The molecule has 0 spiro atoms. The quantitative estimate of drug-likeness (QED) is 0.842. The summed E-state index contributed by atoms with van der Waals surface area (Å²) in [5.41, 5.74) is 2.48. The lowest BCUT2D eigenvalue weighted by molar-refractivity contribution is 0.592. The second kappa shape index (κ2) is 5.20. The molecule has 1 unspecified atom stereocenters. The van der Waals surface area contributed by atoms with Crippen molar-refractivity contribution >= 4 is 33.4 Å². The van der Waals surface area contributed by atoms with Crippen LogP contribution in [0.5, 0.6) is 0 Å². The largest absolute Gasteiger partial charge is 0.259 e. The molecular formula is C16H14ClNO2S. The van der Waals surface area contributed by atoms with Crippen LogP contribution in [0.25, 0.3) is 6.08 Å². The summed E-state index contributed by atoms with van der Waals surface area (Å²) in [6, 6.07) is 14.4. The predicted molar refractivity (Wildman–Crippen MR) is 87.0 cm³/mol. The zero-order valence-electron chi connectivity index (χ0n) is 11.4. The maximum Gasteiger partial charge on any atom is 0.233 e. The molecule has 0 amide bonds. The Morgan fingerprint density at radius 3 is 2.38 bits per heavy atom. The number of para-hydroxylation sites is 1. The number of nitrogens with zero attached hydrogens (tertiary/aromatic N) is 1. The van der Waals surface area contributed by atoms with E-state index >= 15 is 0 Å². The van der Waals surface area contributed by atoms with Crippen LogP contribution in [-0.2, 0) is 10.0 Å². The number of benzene rings is 2. The number of anilines is 1. The SMILES string of the molecule is CS(=O)(=O)N1c2ccccc2C=CC1c1ccc(Cl)cc1. The molecule has 0 aliphatic carbocycles. The topological polar surface area (TPSA) is 37.4 Å². The normalized spacial score (nSPS) is 17.6. The third-order valence-electron chi connectivity index (χ3n) is 3.45. The average molecular weight is 320 g/mol. The van der Waals surface area contributed by atoms with Crippen LogP contribution in [0.4, 0.5) is 5.69 Å². The van der Waals surface area contributed by atoms with Gasteiger partial charge in [-0.3, -0.25) is 4.31 Å². The Balaban J connectivity index is 2.16. The Labute approximate surface area is 129 Å². The van der Waals surface area contributed by atoms with E-state index in [2.05, 4.69) is 0 Å². The number of hydrogen-bond acceptors (Lipinski definition) is 2. The van der Waals surface area contributed by atoms with Crippen molar-refractivity contribution in [3.8, 4) is 0 Å². The second-order valence-electron chi connectivity index (χ2n) is 4.97. The first-order valence-corrected chi connectivity index (χ1v) is 8.71. The van der Waals surface area contributed by atoms with Crippen LogP contribution in [-0.4, -0.2) is 14.7 Å². The zero-order valence-corrected chi connectivity index (χ0v) is 13.0. The fourth-order valence-electron chi connectivity index (χ4n) is 2.54. The predicted octanol–water partition coefficient (Wildman–Crippen LogP) is 3.87. The highest BCUT2D eigenvalue weighted by Crippen LogP contribution is 2.38. The molecule has 1 aliphatic heterocycles. The van der Waals surface area contributed by atoms with Gasteiger partial charge in [0.2, 0.25) is 10.0 Å². The molecule has 0 saturated carbocycles. The highest BCUT2D eigenvalue weighted by atomic mass is 35.5. The molecule has 3 nitrogen and oxygen atoms in total. The van der Waals surface area contributed by atoms with Crippen molar-refractivity contribution in [2.45, 2.75) is 6.04 Å². The first kappa shape index (κ1) is 14.2. The summed E-state index contributed by atoms with van der Waals surface area (Å²) in [5.74, 6) is 0. The van der Waals surface area contributed by atoms with Gasteiger partial charge in [0.25, 0.3) is 0 Å². The van der Waals surface area contributed by atoms with Crippen LogP contribution in [0, 0.1) is 0 Å². The third kappa shape index (κ3) is 2.69. The van der Waals surface area contributed by atoms with Crippen molar-refractivity contribution < 1.29 is 8.42 Å². The molecule has 2 aromatic rings. The molecule has 0 saturated heterocycles. The monoisotopic (exact) mass is 319 g/mol. The van der Waals surface area contributed by atoms with E-state index in [9.17, 15) is 8.42 Å². The maximum atomic E-state index is 12.3. The highest BCUT2D eigenvalue weighted by Gasteiger charge is 2.30. The van der Waals surface area contributed by atoms with Crippen LogP contribution in [0.15, 0.2) is 54.6 Å². The first-order chi connectivity index (χ1) is 9.97. The standard InChI is InChI=1S/C16H14ClNO2S/c1-21(19,20)18-15-5-3-2-4-12(15)8-11-16(18)13-6-9-14(17)10-7-13/h2-11,16H,1H3. The van der Waals surface area contributed by atoms with E-state index in [0.717, 1.165) is 11.1 Å². The number of hydrogen-bond donors (Lipinski definition) is 0.